The molecule has 1 fully saturated rings. The van der Waals surface area contributed by atoms with Crippen molar-refractivity contribution in [3.05, 3.63) is 23.8 Å². The summed E-state index contributed by atoms with van der Waals surface area (Å²) < 4.78 is 39.5. The highest BCUT2D eigenvalue weighted by molar-refractivity contribution is 5.78. The van der Waals surface area contributed by atoms with Crippen LogP contribution in [0.5, 0.6) is 11.5 Å². The number of hydrogen-bond acceptors (Lipinski definition) is 4. The van der Waals surface area contributed by atoms with Crippen molar-refractivity contribution in [2.75, 3.05) is 40.0 Å². The molecule has 0 saturated carbocycles. The minimum atomic E-state index is -2.89. The Hall–Kier alpha value is -2.09. The number of rotatable bonds is 6. The Balaban J connectivity index is 1.94. The van der Waals surface area contributed by atoms with Crippen LogP contribution in [0.15, 0.2) is 23.2 Å². The van der Waals surface area contributed by atoms with Gasteiger partial charge in [-0.15, -0.1) is 0 Å². The van der Waals surface area contributed by atoms with Crippen molar-refractivity contribution in [2.24, 2.45) is 10.7 Å². The number of methoxy groups -OCH3 is 1. The van der Waals surface area contributed by atoms with Gasteiger partial charge in [0, 0.05) is 19.6 Å². The van der Waals surface area contributed by atoms with E-state index in [0.717, 1.165) is 18.7 Å². The first-order valence-electron chi connectivity index (χ1n) is 7.34. The van der Waals surface area contributed by atoms with E-state index in [9.17, 15) is 8.78 Å². The van der Waals surface area contributed by atoms with E-state index in [1.807, 2.05) is 4.90 Å². The summed E-state index contributed by atoms with van der Waals surface area (Å²) in [5, 5.41) is 0. The minimum Gasteiger partial charge on any atom is -0.493 e. The Morgan fingerprint density at radius 3 is 2.74 bits per heavy atom. The third-order valence-electron chi connectivity index (χ3n) is 3.45. The fourth-order valence-electron chi connectivity index (χ4n) is 2.26. The van der Waals surface area contributed by atoms with Gasteiger partial charge < -0.3 is 24.8 Å². The largest absolute Gasteiger partial charge is 0.493 e. The number of halogens is 2. The van der Waals surface area contributed by atoms with E-state index in [1.54, 1.807) is 12.1 Å². The zero-order chi connectivity index (χ0) is 16.7. The maximum atomic E-state index is 12.4. The number of nitrogens with zero attached hydrogens (tertiary/aromatic N) is 2. The van der Waals surface area contributed by atoms with E-state index in [2.05, 4.69) is 9.73 Å². The van der Waals surface area contributed by atoms with Crippen LogP contribution in [0.2, 0.25) is 0 Å². The van der Waals surface area contributed by atoms with Crippen LogP contribution in [-0.2, 0) is 11.2 Å². The van der Waals surface area contributed by atoms with Gasteiger partial charge in [-0.3, -0.25) is 4.99 Å². The SMILES string of the molecule is COc1ccc(CCN=C(N)N2CCOCC2)cc1OC(F)F. The molecule has 0 aliphatic carbocycles. The van der Waals surface area contributed by atoms with Gasteiger partial charge in [-0.05, 0) is 24.1 Å². The standard InChI is InChI=1S/C15H21F2N3O3/c1-21-12-3-2-11(10-13(12)23-14(16)17)4-5-19-15(18)20-6-8-22-9-7-20/h2-3,10,14H,4-9H2,1H3,(H2,18,19). The van der Waals surface area contributed by atoms with E-state index in [-0.39, 0.29) is 11.5 Å². The van der Waals surface area contributed by atoms with Crippen LogP contribution in [-0.4, -0.2) is 57.4 Å². The third-order valence-corrected chi connectivity index (χ3v) is 3.45. The van der Waals surface area contributed by atoms with Crippen LogP contribution in [0.25, 0.3) is 0 Å². The van der Waals surface area contributed by atoms with E-state index in [1.165, 1.54) is 13.2 Å². The molecule has 2 N–H and O–H groups in total. The lowest BCUT2D eigenvalue weighted by atomic mass is 10.1. The summed E-state index contributed by atoms with van der Waals surface area (Å²) in [5.41, 5.74) is 6.75. The Labute approximate surface area is 133 Å². The highest BCUT2D eigenvalue weighted by Crippen LogP contribution is 2.29. The first-order chi connectivity index (χ1) is 11.1. The summed E-state index contributed by atoms with van der Waals surface area (Å²) in [7, 11) is 1.40. The van der Waals surface area contributed by atoms with Gasteiger partial charge in [-0.1, -0.05) is 6.07 Å². The molecular formula is C15H21F2N3O3. The molecular weight excluding hydrogens is 308 g/mol. The Morgan fingerprint density at radius 2 is 2.09 bits per heavy atom. The van der Waals surface area contributed by atoms with Crippen molar-refractivity contribution in [1.82, 2.24) is 4.90 Å². The summed E-state index contributed by atoms with van der Waals surface area (Å²) in [5.74, 6) is 0.765. The molecule has 1 aromatic carbocycles. The van der Waals surface area contributed by atoms with Crippen molar-refractivity contribution in [3.63, 3.8) is 0 Å². The minimum absolute atomic E-state index is 0.0186. The van der Waals surface area contributed by atoms with Crippen LogP contribution >= 0.6 is 0 Å². The van der Waals surface area contributed by atoms with Gasteiger partial charge in [0.2, 0.25) is 0 Å². The van der Waals surface area contributed by atoms with Crippen molar-refractivity contribution in [1.29, 1.82) is 0 Å². The van der Waals surface area contributed by atoms with Crippen molar-refractivity contribution in [2.45, 2.75) is 13.0 Å². The number of guanidine groups is 1. The Morgan fingerprint density at radius 1 is 1.35 bits per heavy atom. The maximum absolute atomic E-state index is 12.4. The highest BCUT2D eigenvalue weighted by Gasteiger charge is 2.13. The molecule has 6 nitrogen and oxygen atoms in total. The van der Waals surface area contributed by atoms with Gasteiger partial charge in [0.25, 0.3) is 0 Å². The molecule has 0 radical (unpaired) electrons. The molecule has 1 aromatic rings. The van der Waals surface area contributed by atoms with Crippen LogP contribution < -0.4 is 15.2 Å². The smallest absolute Gasteiger partial charge is 0.387 e. The average Bonchev–Trinajstić information content (AvgIpc) is 2.55. The molecule has 1 aliphatic heterocycles. The van der Waals surface area contributed by atoms with E-state index in [0.29, 0.717) is 32.1 Å². The van der Waals surface area contributed by atoms with Crippen LogP contribution in [0.1, 0.15) is 5.56 Å². The molecule has 8 heteroatoms. The van der Waals surface area contributed by atoms with E-state index < -0.39 is 6.61 Å². The summed E-state index contributed by atoms with van der Waals surface area (Å²) in [6, 6.07) is 4.92. The Bertz CT molecular complexity index is 535. The molecule has 23 heavy (non-hydrogen) atoms. The number of aliphatic imine (C=N–C) groups is 1. The topological polar surface area (TPSA) is 69.3 Å². The fourth-order valence-corrected chi connectivity index (χ4v) is 2.26. The van der Waals surface area contributed by atoms with Crippen LogP contribution in [0, 0.1) is 0 Å². The number of hydrogen-bond donors (Lipinski definition) is 1. The molecule has 0 bridgehead atoms. The van der Waals surface area contributed by atoms with Gasteiger partial charge in [0.1, 0.15) is 0 Å². The second-order valence-electron chi connectivity index (χ2n) is 4.95. The molecule has 128 valence electrons. The van der Waals surface area contributed by atoms with Crippen LogP contribution in [0.3, 0.4) is 0 Å². The first kappa shape index (κ1) is 17.3. The molecule has 1 heterocycles. The zero-order valence-electron chi connectivity index (χ0n) is 13.0. The van der Waals surface area contributed by atoms with Gasteiger partial charge in [-0.25, -0.2) is 0 Å². The summed E-state index contributed by atoms with van der Waals surface area (Å²) in [6.45, 7) is 0.304. The number of morpholine rings is 1. The molecule has 2 rings (SSSR count). The molecule has 1 saturated heterocycles. The number of nitrogens with two attached hydrogens (primary N) is 1. The normalized spacial score (nSPS) is 15.8. The predicted molar refractivity (Wildman–Crippen MR) is 82.2 cm³/mol. The maximum Gasteiger partial charge on any atom is 0.387 e. The second-order valence-corrected chi connectivity index (χ2v) is 4.95. The molecule has 0 spiro atoms. The average molecular weight is 329 g/mol. The number of ether oxygens (including phenoxy) is 3. The van der Waals surface area contributed by atoms with E-state index in [4.69, 9.17) is 15.2 Å². The van der Waals surface area contributed by atoms with Gasteiger partial charge >= 0.3 is 6.61 Å². The molecule has 0 aromatic heterocycles. The Kier molecular flexibility index (Phi) is 6.40. The summed E-state index contributed by atoms with van der Waals surface area (Å²) in [4.78, 5) is 6.28. The molecule has 0 amide bonds. The van der Waals surface area contributed by atoms with Crippen molar-refractivity contribution in [3.8, 4) is 11.5 Å². The number of benzene rings is 1. The lowest BCUT2D eigenvalue weighted by Gasteiger charge is -2.27. The quantitative estimate of drug-likeness (QED) is 0.632. The van der Waals surface area contributed by atoms with E-state index >= 15 is 0 Å². The van der Waals surface area contributed by atoms with Gasteiger partial charge in [0.05, 0.1) is 20.3 Å². The molecule has 0 unspecified atom stereocenters. The second kappa shape index (κ2) is 8.52. The van der Waals surface area contributed by atoms with Gasteiger partial charge in [-0.2, -0.15) is 8.78 Å². The third kappa shape index (κ3) is 5.24. The summed E-state index contributed by atoms with van der Waals surface area (Å²) >= 11 is 0. The fraction of sp³-hybridized carbons (Fsp3) is 0.533. The van der Waals surface area contributed by atoms with Crippen molar-refractivity contribution < 1.29 is 23.0 Å². The lowest BCUT2D eigenvalue weighted by Crippen LogP contribution is -2.44. The lowest BCUT2D eigenvalue weighted by molar-refractivity contribution is -0.0512. The number of alkyl halides is 2. The first-order valence-corrected chi connectivity index (χ1v) is 7.34. The zero-order valence-corrected chi connectivity index (χ0v) is 13.0. The predicted octanol–water partition coefficient (Wildman–Crippen LogP) is 1.49. The molecule has 0 atom stereocenters. The van der Waals surface area contributed by atoms with Crippen molar-refractivity contribution >= 4 is 5.96 Å². The monoisotopic (exact) mass is 329 g/mol. The summed E-state index contributed by atoms with van der Waals surface area (Å²) in [6.07, 6.45) is 0.564. The van der Waals surface area contributed by atoms with Gasteiger partial charge in [0.15, 0.2) is 17.5 Å². The highest BCUT2D eigenvalue weighted by atomic mass is 19.3. The van der Waals surface area contributed by atoms with Crippen LogP contribution in [0.4, 0.5) is 8.78 Å². The molecule has 1 aliphatic rings.